The van der Waals surface area contributed by atoms with Crippen molar-refractivity contribution in [1.29, 1.82) is 0 Å². The Morgan fingerprint density at radius 3 is 2.43 bits per heavy atom. The summed E-state index contributed by atoms with van der Waals surface area (Å²) < 4.78 is 25.5. The molecule has 0 aliphatic heterocycles. The van der Waals surface area contributed by atoms with Crippen LogP contribution in [0.3, 0.4) is 0 Å². The molecule has 3 nitrogen and oxygen atoms in total. The zero-order chi connectivity index (χ0) is 15.6. The molecule has 0 atom stereocenters. The summed E-state index contributed by atoms with van der Waals surface area (Å²) in [4.78, 5) is 12.5. The Balaban J connectivity index is 2.36. The Hall–Kier alpha value is -1.46. The Bertz CT molecular complexity index is 795. The van der Waals surface area contributed by atoms with E-state index in [2.05, 4.69) is 15.9 Å². The van der Waals surface area contributed by atoms with E-state index in [-0.39, 0.29) is 4.90 Å². The zero-order valence-corrected chi connectivity index (χ0v) is 14.2. The molecule has 0 N–H and O–H groups in total. The van der Waals surface area contributed by atoms with Gasteiger partial charge in [-0.3, -0.25) is 4.79 Å². The highest BCUT2D eigenvalue weighted by Gasteiger charge is 2.23. The van der Waals surface area contributed by atoms with Gasteiger partial charge in [0, 0.05) is 10.0 Å². The van der Waals surface area contributed by atoms with Crippen LogP contribution >= 0.6 is 15.9 Å². The summed E-state index contributed by atoms with van der Waals surface area (Å²) in [6.07, 6.45) is 0. The van der Waals surface area contributed by atoms with E-state index in [1.54, 1.807) is 43.3 Å². The highest BCUT2D eigenvalue weighted by Crippen LogP contribution is 2.21. The lowest BCUT2D eigenvalue weighted by molar-refractivity contribution is 0.102. The largest absolute Gasteiger partial charge is 0.293 e. The molecule has 2 aromatic carbocycles. The number of hydrogen-bond donors (Lipinski definition) is 0. The number of rotatable bonds is 4. The molecule has 2 aromatic rings. The zero-order valence-electron chi connectivity index (χ0n) is 11.8. The maximum absolute atomic E-state index is 12.5. The van der Waals surface area contributed by atoms with Crippen LogP contribution in [-0.2, 0) is 9.84 Å². The SMILES string of the molecule is Cc1ccc(C)c(S(=O)(=O)CC(=O)c2ccccc2Br)c1. The van der Waals surface area contributed by atoms with Crippen LogP contribution in [0.4, 0.5) is 0 Å². The number of aryl methyl sites for hydroxylation is 2. The third-order valence-corrected chi connectivity index (χ3v) is 5.62. The molecule has 0 aliphatic rings. The summed E-state index contributed by atoms with van der Waals surface area (Å²) in [5, 5.41) is 0. The van der Waals surface area contributed by atoms with Gasteiger partial charge in [0.15, 0.2) is 15.6 Å². The highest BCUT2D eigenvalue weighted by atomic mass is 79.9. The number of carbonyl (C=O) groups is 1. The van der Waals surface area contributed by atoms with Crippen molar-refractivity contribution in [1.82, 2.24) is 0 Å². The average molecular weight is 367 g/mol. The van der Waals surface area contributed by atoms with Crippen LogP contribution in [0.1, 0.15) is 21.5 Å². The van der Waals surface area contributed by atoms with Crippen molar-refractivity contribution in [2.45, 2.75) is 18.7 Å². The molecule has 0 fully saturated rings. The normalized spacial score (nSPS) is 11.4. The van der Waals surface area contributed by atoms with Gasteiger partial charge in [0.25, 0.3) is 0 Å². The number of benzene rings is 2. The first kappa shape index (κ1) is 15.9. The fraction of sp³-hybridized carbons (Fsp3) is 0.188. The molecule has 110 valence electrons. The Labute approximate surface area is 133 Å². The smallest absolute Gasteiger partial charge is 0.186 e. The van der Waals surface area contributed by atoms with Crippen LogP contribution in [0.25, 0.3) is 0 Å². The summed E-state index contributed by atoms with van der Waals surface area (Å²) in [5.41, 5.74) is 1.89. The van der Waals surface area contributed by atoms with Gasteiger partial charge in [-0.1, -0.05) is 46.3 Å². The van der Waals surface area contributed by atoms with Crippen molar-refractivity contribution in [3.05, 3.63) is 63.6 Å². The van der Waals surface area contributed by atoms with E-state index in [4.69, 9.17) is 0 Å². The third kappa shape index (κ3) is 3.60. The van der Waals surface area contributed by atoms with Crippen molar-refractivity contribution >= 4 is 31.6 Å². The van der Waals surface area contributed by atoms with E-state index in [1.165, 1.54) is 0 Å². The predicted molar refractivity (Wildman–Crippen MR) is 86.4 cm³/mol. The van der Waals surface area contributed by atoms with E-state index in [0.717, 1.165) is 5.56 Å². The molecule has 0 saturated carbocycles. The van der Waals surface area contributed by atoms with Gasteiger partial charge in [0.1, 0.15) is 5.75 Å². The maximum atomic E-state index is 12.5. The molecule has 0 bridgehead atoms. The van der Waals surface area contributed by atoms with Crippen LogP contribution in [0.15, 0.2) is 51.8 Å². The highest BCUT2D eigenvalue weighted by molar-refractivity contribution is 9.10. The Morgan fingerprint density at radius 1 is 1.10 bits per heavy atom. The molecule has 0 radical (unpaired) electrons. The van der Waals surface area contributed by atoms with Gasteiger partial charge >= 0.3 is 0 Å². The van der Waals surface area contributed by atoms with Gasteiger partial charge in [-0.2, -0.15) is 0 Å². The fourth-order valence-corrected chi connectivity index (χ4v) is 4.14. The minimum atomic E-state index is -3.65. The lowest BCUT2D eigenvalue weighted by Gasteiger charge is -2.09. The van der Waals surface area contributed by atoms with E-state index in [0.29, 0.717) is 15.6 Å². The van der Waals surface area contributed by atoms with E-state index >= 15 is 0 Å². The van der Waals surface area contributed by atoms with Gasteiger partial charge < -0.3 is 0 Å². The molecular formula is C16H15BrO3S. The quantitative estimate of drug-likeness (QED) is 0.774. The van der Waals surface area contributed by atoms with Crippen LogP contribution in [-0.4, -0.2) is 20.0 Å². The topological polar surface area (TPSA) is 51.2 Å². The molecule has 21 heavy (non-hydrogen) atoms. The van der Waals surface area contributed by atoms with Crippen molar-refractivity contribution in [3.8, 4) is 0 Å². The number of ketones is 1. The predicted octanol–water partition coefficient (Wildman–Crippen LogP) is 3.72. The van der Waals surface area contributed by atoms with Gasteiger partial charge in [0.2, 0.25) is 0 Å². The van der Waals surface area contributed by atoms with E-state index < -0.39 is 21.4 Å². The van der Waals surface area contributed by atoms with Crippen molar-refractivity contribution in [2.24, 2.45) is 0 Å². The van der Waals surface area contributed by atoms with Gasteiger partial charge in [-0.05, 0) is 37.1 Å². The molecule has 0 heterocycles. The summed E-state index contributed by atoms with van der Waals surface area (Å²) in [7, 11) is -3.65. The first-order chi connectivity index (χ1) is 9.81. The number of hydrogen-bond acceptors (Lipinski definition) is 3. The lowest BCUT2D eigenvalue weighted by atomic mass is 10.1. The molecule has 2 rings (SSSR count). The molecule has 0 aliphatic carbocycles. The van der Waals surface area contributed by atoms with Crippen LogP contribution in [0.2, 0.25) is 0 Å². The first-order valence-corrected chi connectivity index (χ1v) is 8.83. The molecule has 0 aromatic heterocycles. The molecule has 0 unspecified atom stereocenters. The van der Waals surface area contributed by atoms with Crippen molar-refractivity contribution in [3.63, 3.8) is 0 Å². The minimum absolute atomic E-state index is 0.225. The van der Waals surface area contributed by atoms with Crippen LogP contribution < -0.4 is 0 Å². The molecule has 0 spiro atoms. The van der Waals surface area contributed by atoms with Gasteiger partial charge in [0.05, 0.1) is 4.90 Å². The summed E-state index contributed by atoms with van der Waals surface area (Å²) in [6.45, 7) is 3.56. The van der Waals surface area contributed by atoms with E-state index in [1.807, 2.05) is 13.0 Å². The van der Waals surface area contributed by atoms with E-state index in [9.17, 15) is 13.2 Å². The first-order valence-electron chi connectivity index (χ1n) is 6.39. The lowest BCUT2D eigenvalue weighted by Crippen LogP contribution is -2.17. The minimum Gasteiger partial charge on any atom is -0.293 e. The molecular weight excluding hydrogens is 352 g/mol. The monoisotopic (exact) mass is 366 g/mol. The average Bonchev–Trinajstić information content (AvgIpc) is 2.41. The second-order valence-electron chi connectivity index (χ2n) is 4.93. The number of carbonyl (C=O) groups excluding carboxylic acids is 1. The Kier molecular flexibility index (Phi) is 4.64. The van der Waals surface area contributed by atoms with Gasteiger partial charge in [-0.15, -0.1) is 0 Å². The van der Waals surface area contributed by atoms with Crippen molar-refractivity contribution < 1.29 is 13.2 Å². The van der Waals surface area contributed by atoms with Crippen LogP contribution in [0.5, 0.6) is 0 Å². The van der Waals surface area contributed by atoms with Gasteiger partial charge in [-0.25, -0.2) is 8.42 Å². The molecule has 0 amide bonds. The summed E-state index contributed by atoms with van der Waals surface area (Å²) in [6, 6.07) is 12.0. The molecule has 5 heteroatoms. The second kappa shape index (κ2) is 6.12. The van der Waals surface area contributed by atoms with Crippen LogP contribution in [0, 0.1) is 13.8 Å². The summed E-state index contributed by atoms with van der Waals surface area (Å²) >= 11 is 3.27. The summed E-state index contributed by atoms with van der Waals surface area (Å²) in [5.74, 6) is -0.941. The molecule has 0 saturated heterocycles. The Morgan fingerprint density at radius 2 is 1.76 bits per heavy atom. The maximum Gasteiger partial charge on any atom is 0.186 e. The number of halogens is 1. The third-order valence-electron chi connectivity index (χ3n) is 3.17. The second-order valence-corrected chi connectivity index (χ2v) is 7.74. The standard InChI is InChI=1S/C16H15BrO3S/c1-11-7-8-12(2)16(9-11)21(19,20)10-15(18)13-5-3-4-6-14(13)17/h3-9H,10H2,1-2H3. The van der Waals surface area contributed by atoms with Crippen molar-refractivity contribution in [2.75, 3.05) is 5.75 Å². The number of sulfone groups is 1. The fourth-order valence-electron chi connectivity index (χ4n) is 2.06. The number of Topliss-reactive ketones (excluding diaryl/α,β-unsaturated/α-hetero) is 1.